The Morgan fingerprint density at radius 2 is 1.66 bits per heavy atom. The summed E-state index contributed by atoms with van der Waals surface area (Å²) in [6, 6.07) is 16.9. The maximum atomic E-state index is 12.8. The normalized spacial score (nSPS) is 16.8. The van der Waals surface area contributed by atoms with Crippen LogP contribution in [0.3, 0.4) is 0 Å². The Labute approximate surface area is 170 Å². The molecule has 2 heterocycles. The first-order valence-electron chi connectivity index (χ1n) is 9.91. The highest BCUT2D eigenvalue weighted by Gasteiger charge is 2.26. The Balaban J connectivity index is 1.27. The highest BCUT2D eigenvalue weighted by molar-refractivity contribution is 5.94. The lowest BCUT2D eigenvalue weighted by Crippen LogP contribution is -2.51. The molecule has 0 unspecified atom stereocenters. The van der Waals surface area contributed by atoms with Crippen LogP contribution in [0.2, 0.25) is 0 Å². The van der Waals surface area contributed by atoms with E-state index in [1.54, 1.807) is 21.9 Å². The van der Waals surface area contributed by atoms with Gasteiger partial charge in [-0.05, 0) is 23.8 Å². The quantitative estimate of drug-likeness (QED) is 0.840. The minimum absolute atomic E-state index is 0.0421. The first kappa shape index (κ1) is 19.3. The topological polar surface area (TPSA) is 71.1 Å². The lowest BCUT2D eigenvalue weighted by Gasteiger charge is -2.34. The number of hydrogen-bond donors (Lipinski definition) is 1. The van der Waals surface area contributed by atoms with Crippen LogP contribution in [0.5, 0.6) is 5.75 Å². The zero-order chi connectivity index (χ0) is 20.1. The van der Waals surface area contributed by atoms with E-state index in [1.807, 2.05) is 42.5 Å². The van der Waals surface area contributed by atoms with Crippen molar-refractivity contribution in [2.75, 3.05) is 39.3 Å². The number of rotatable bonds is 5. The average molecular weight is 395 g/mol. The third-order valence-electron chi connectivity index (χ3n) is 5.16. The second-order valence-electron chi connectivity index (χ2n) is 7.25. The van der Waals surface area contributed by atoms with Crippen LogP contribution in [-0.4, -0.2) is 67.2 Å². The van der Waals surface area contributed by atoms with Crippen molar-refractivity contribution >= 4 is 12.0 Å². The standard InChI is InChI=1S/C22H25N3O4/c26-21(18-7-4-8-19(13-18)29-20-14-23-15-20)24-9-11-25(12-10-24)22(27)28-16-17-5-2-1-3-6-17/h1-8,13,20,23H,9-12,14-16H2. The molecule has 1 N–H and O–H groups in total. The largest absolute Gasteiger partial charge is 0.488 e. The third kappa shape index (κ3) is 4.86. The monoisotopic (exact) mass is 395 g/mol. The van der Waals surface area contributed by atoms with Crippen molar-refractivity contribution in [3.05, 3.63) is 65.7 Å². The molecule has 2 aromatic rings. The van der Waals surface area contributed by atoms with Crippen molar-refractivity contribution in [3.63, 3.8) is 0 Å². The first-order chi connectivity index (χ1) is 14.2. The second-order valence-corrected chi connectivity index (χ2v) is 7.25. The Bertz CT molecular complexity index is 846. The Morgan fingerprint density at radius 1 is 0.931 bits per heavy atom. The fourth-order valence-electron chi connectivity index (χ4n) is 3.33. The van der Waals surface area contributed by atoms with E-state index >= 15 is 0 Å². The van der Waals surface area contributed by atoms with Gasteiger partial charge in [-0.25, -0.2) is 4.79 Å². The van der Waals surface area contributed by atoms with Gasteiger partial charge in [0.25, 0.3) is 5.91 Å². The zero-order valence-corrected chi connectivity index (χ0v) is 16.3. The molecular formula is C22H25N3O4. The average Bonchev–Trinajstić information content (AvgIpc) is 2.75. The molecule has 0 aromatic heterocycles. The molecule has 2 aliphatic rings. The molecule has 0 bridgehead atoms. The molecule has 29 heavy (non-hydrogen) atoms. The number of carbonyl (C=O) groups excluding carboxylic acids is 2. The van der Waals surface area contributed by atoms with Gasteiger partial charge in [0.05, 0.1) is 0 Å². The molecule has 2 fully saturated rings. The van der Waals surface area contributed by atoms with Crippen LogP contribution in [0.25, 0.3) is 0 Å². The molecule has 0 aliphatic carbocycles. The summed E-state index contributed by atoms with van der Waals surface area (Å²) in [5.74, 6) is 0.671. The summed E-state index contributed by atoms with van der Waals surface area (Å²) in [7, 11) is 0. The van der Waals surface area contributed by atoms with Crippen LogP contribution in [-0.2, 0) is 11.3 Å². The van der Waals surface area contributed by atoms with E-state index in [-0.39, 0.29) is 24.7 Å². The van der Waals surface area contributed by atoms with Crippen molar-refractivity contribution in [1.82, 2.24) is 15.1 Å². The summed E-state index contributed by atoms with van der Waals surface area (Å²) in [6.45, 7) is 3.81. The van der Waals surface area contributed by atoms with Crippen LogP contribution >= 0.6 is 0 Å². The fraction of sp³-hybridized carbons (Fsp3) is 0.364. The molecule has 2 aromatic carbocycles. The van der Waals surface area contributed by atoms with Crippen LogP contribution < -0.4 is 10.1 Å². The molecule has 152 valence electrons. The molecule has 0 radical (unpaired) electrons. The lowest BCUT2D eigenvalue weighted by atomic mass is 10.1. The number of carbonyl (C=O) groups is 2. The van der Waals surface area contributed by atoms with E-state index in [2.05, 4.69) is 5.32 Å². The number of benzene rings is 2. The highest BCUT2D eigenvalue weighted by atomic mass is 16.6. The summed E-state index contributed by atoms with van der Waals surface area (Å²) < 4.78 is 11.2. The Hall–Kier alpha value is -3.06. The molecule has 0 saturated carbocycles. The Morgan fingerprint density at radius 3 is 2.34 bits per heavy atom. The SMILES string of the molecule is O=C(OCc1ccccc1)N1CCN(C(=O)c2cccc(OC3CNC3)c2)CC1. The minimum Gasteiger partial charge on any atom is -0.488 e. The third-order valence-corrected chi connectivity index (χ3v) is 5.16. The summed E-state index contributed by atoms with van der Waals surface area (Å²) in [5, 5.41) is 3.16. The molecule has 7 heteroatoms. The van der Waals surface area contributed by atoms with Gasteiger partial charge in [0.1, 0.15) is 18.5 Å². The van der Waals surface area contributed by atoms with Gasteiger partial charge in [-0.3, -0.25) is 4.79 Å². The number of nitrogens with one attached hydrogen (secondary N) is 1. The van der Waals surface area contributed by atoms with Crippen molar-refractivity contribution in [2.45, 2.75) is 12.7 Å². The summed E-state index contributed by atoms with van der Waals surface area (Å²) >= 11 is 0. The van der Waals surface area contributed by atoms with E-state index < -0.39 is 0 Å². The predicted octanol–water partition coefficient (Wildman–Crippen LogP) is 2.13. The van der Waals surface area contributed by atoms with Gasteiger partial charge in [0.15, 0.2) is 0 Å². The molecule has 2 saturated heterocycles. The molecule has 0 atom stereocenters. The van der Waals surface area contributed by atoms with Gasteiger partial charge in [-0.1, -0.05) is 36.4 Å². The smallest absolute Gasteiger partial charge is 0.410 e. The maximum Gasteiger partial charge on any atom is 0.410 e. The van der Waals surface area contributed by atoms with Crippen LogP contribution in [0.15, 0.2) is 54.6 Å². The van der Waals surface area contributed by atoms with E-state index in [0.717, 1.165) is 18.7 Å². The second kappa shape index (κ2) is 8.96. The van der Waals surface area contributed by atoms with Gasteiger partial charge >= 0.3 is 6.09 Å². The molecule has 2 amide bonds. The van der Waals surface area contributed by atoms with Crippen molar-refractivity contribution in [3.8, 4) is 5.75 Å². The van der Waals surface area contributed by atoms with E-state index in [9.17, 15) is 9.59 Å². The van der Waals surface area contributed by atoms with Crippen LogP contribution in [0.1, 0.15) is 15.9 Å². The zero-order valence-electron chi connectivity index (χ0n) is 16.3. The summed E-state index contributed by atoms with van der Waals surface area (Å²) in [5.41, 5.74) is 1.56. The van der Waals surface area contributed by atoms with E-state index in [1.165, 1.54) is 0 Å². The number of amides is 2. The maximum absolute atomic E-state index is 12.8. The van der Waals surface area contributed by atoms with Crippen molar-refractivity contribution in [1.29, 1.82) is 0 Å². The summed E-state index contributed by atoms with van der Waals surface area (Å²) in [4.78, 5) is 28.5. The number of hydrogen-bond acceptors (Lipinski definition) is 5. The van der Waals surface area contributed by atoms with Crippen molar-refractivity contribution < 1.29 is 19.1 Å². The lowest BCUT2D eigenvalue weighted by molar-refractivity contribution is 0.0543. The number of nitrogens with zero attached hydrogens (tertiary/aromatic N) is 2. The van der Waals surface area contributed by atoms with Gasteiger partial charge < -0.3 is 24.6 Å². The molecule has 4 rings (SSSR count). The fourth-order valence-corrected chi connectivity index (χ4v) is 3.33. The number of ether oxygens (including phenoxy) is 2. The minimum atomic E-state index is -0.342. The van der Waals surface area contributed by atoms with E-state index in [4.69, 9.17) is 9.47 Å². The predicted molar refractivity (Wildman–Crippen MR) is 108 cm³/mol. The Kier molecular flexibility index (Phi) is 5.95. The molecular weight excluding hydrogens is 370 g/mol. The van der Waals surface area contributed by atoms with Crippen LogP contribution in [0.4, 0.5) is 4.79 Å². The van der Waals surface area contributed by atoms with Gasteiger partial charge in [-0.2, -0.15) is 0 Å². The van der Waals surface area contributed by atoms with Gasteiger partial charge in [0, 0.05) is 44.8 Å². The van der Waals surface area contributed by atoms with Gasteiger partial charge in [0.2, 0.25) is 0 Å². The van der Waals surface area contributed by atoms with Gasteiger partial charge in [-0.15, -0.1) is 0 Å². The van der Waals surface area contributed by atoms with Crippen LogP contribution in [0, 0.1) is 0 Å². The highest BCUT2D eigenvalue weighted by Crippen LogP contribution is 2.18. The van der Waals surface area contributed by atoms with Crippen molar-refractivity contribution in [2.24, 2.45) is 0 Å². The number of piperazine rings is 1. The molecule has 2 aliphatic heterocycles. The van der Waals surface area contributed by atoms with E-state index in [0.29, 0.717) is 37.5 Å². The molecule has 7 nitrogen and oxygen atoms in total. The first-order valence-corrected chi connectivity index (χ1v) is 9.91. The molecule has 0 spiro atoms. The summed E-state index contributed by atoms with van der Waals surface area (Å²) in [6.07, 6.45) is -0.170.